The molecular formula is C21H20ClNO4. The van der Waals surface area contributed by atoms with Gasteiger partial charge in [-0.15, -0.1) is 0 Å². The Hall–Kier alpha value is -2.79. The first kappa shape index (κ1) is 19.0. The number of ether oxygens (including phenoxy) is 2. The van der Waals surface area contributed by atoms with Gasteiger partial charge in [0.2, 0.25) is 5.43 Å². The van der Waals surface area contributed by atoms with Crippen molar-refractivity contribution < 1.29 is 9.47 Å². The molecule has 0 fully saturated rings. The third-order valence-corrected chi connectivity index (χ3v) is 5.05. The highest BCUT2D eigenvalue weighted by atomic mass is 35.5. The molecule has 0 aliphatic carbocycles. The number of methoxy groups -OCH3 is 2. The average molecular weight is 386 g/mol. The summed E-state index contributed by atoms with van der Waals surface area (Å²) in [5, 5.41) is 3.33. The lowest BCUT2D eigenvalue weighted by Crippen LogP contribution is -2.35. The maximum Gasteiger partial charge on any atom is 0.250 e. The van der Waals surface area contributed by atoms with Crippen LogP contribution in [0.5, 0.6) is 11.5 Å². The van der Waals surface area contributed by atoms with Crippen LogP contribution in [0.2, 0.25) is 5.02 Å². The van der Waals surface area contributed by atoms with Gasteiger partial charge in [-0.25, -0.2) is 0 Å². The largest absolute Gasteiger partial charge is 0.497 e. The molecule has 0 amide bonds. The molecular weight excluding hydrogens is 366 g/mol. The van der Waals surface area contributed by atoms with Crippen LogP contribution in [-0.4, -0.2) is 14.2 Å². The summed E-state index contributed by atoms with van der Waals surface area (Å²) in [6.45, 7) is 5.90. The summed E-state index contributed by atoms with van der Waals surface area (Å²) < 4.78 is 10.5. The first-order valence-electron chi connectivity index (χ1n) is 8.38. The molecule has 140 valence electrons. The lowest BCUT2D eigenvalue weighted by molar-refractivity contribution is 0.395. The third kappa shape index (κ3) is 3.19. The fourth-order valence-corrected chi connectivity index (χ4v) is 3.33. The normalized spacial score (nSPS) is 10.9. The molecule has 0 aliphatic heterocycles. The zero-order chi connectivity index (χ0) is 19.9. The van der Waals surface area contributed by atoms with Gasteiger partial charge in [-0.2, -0.15) is 0 Å². The Morgan fingerprint density at radius 2 is 1.48 bits per heavy atom. The molecule has 0 bridgehead atoms. The maximum absolute atomic E-state index is 12.3. The van der Waals surface area contributed by atoms with E-state index in [0.29, 0.717) is 27.8 Å². The fourth-order valence-electron chi connectivity index (χ4n) is 3.08. The first-order valence-corrected chi connectivity index (χ1v) is 8.76. The Morgan fingerprint density at radius 3 is 2.11 bits per heavy atom. The van der Waals surface area contributed by atoms with Crippen LogP contribution in [-0.2, 0) is 0 Å². The smallest absolute Gasteiger partial charge is 0.250 e. The summed E-state index contributed by atoms with van der Waals surface area (Å²) in [4.78, 5) is 24.6. The van der Waals surface area contributed by atoms with Crippen molar-refractivity contribution in [3.63, 3.8) is 0 Å². The maximum atomic E-state index is 12.3. The molecule has 0 atom stereocenters. The molecule has 6 heteroatoms. The number of nitrogens with one attached hydrogen (secondary N) is 1. The summed E-state index contributed by atoms with van der Waals surface area (Å²) >= 11 is 6.33. The molecule has 5 nitrogen and oxygen atoms in total. The molecule has 0 spiro atoms. The topological polar surface area (TPSA) is 64.6 Å². The Kier molecular flexibility index (Phi) is 4.98. The third-order valence-electron chi connectivity index (χ3n) is 4.75. The average Bonchev–Trinajstić information content (AvgIpc) is 2.65. The molecule has 0 aliphatic rings. The minimum atomic E-state index is -0.573. The van der Waals surface area contributed by atoms with Crippen molar-refractivity contribution in [3.8, 4) is 22.6 Å². The summed E-state index contributed by atoms with van der Waals surface area (Å²) in [5.74, 6) is 0.938. The monoisotopic (exact) mass is 385 g/mol. The van der Waals surface area contributed by atoms with Crippen molar-refractivity contribution in [2.75, 3.05) is 19.5 Å². The second-order valence-corrected chi connectivity index (χ2v) is 6.88. The summed E-state index contributed by atoms with van der Waals surface area (Å²) in [6.07, 6.45) is 0. The van der Waals surface area contributed by atoms with Gasteiger partial charge in [0.15, 0.2) is 0 Å². The van der Waals surface area contributed by atoms with Gasteiger partial charge in [0, 0.05) is 12.1 Å². The summed E-state index contributed by atoms with van der Waals surface area (Å²) in [6, 6.07) is 7.20. The zero-order valence-electron chi connectivity index (χ0n) is 15.8. The van der Waals surface area contributed by atoms with Crippen molar-refractivity contribution in [1.82, 2.24) is 0 Å². The van der Waals surface area contributed by atoms with E-state index in [9.17, 15) is 9.59 Å². The molecule has 3 aromatic carbocycles. The summed E-state index contributed by atoms with van der Waals surface area (Å²) in [7, 11) is 3.02. The minimum Gasteiger partial charge on any atom is -0.497 e. The predicted molar refractivity (Wildman–Crippen MR) is 109 cm³/mol. The number of rotatable bonds is 5. The zero-order valence-corrected chi connectivity index (χ0v) is 16.6. The Balaban J connectivity index is 2.13. The van der Waals surface area contributed by atoms with E-state index in [4.69, 9.17) is 21.1 Å². The highest BCUT2D eigenvalue weighted by Gasteiger charge is 2.25. The van der Waals surface area contributed by atoms with Gasteiger partial charge in [-0.05, 0) is 43.0 Å². The van der Waals surface area contributed by atoms with E-state index in [0.717, 1.165) is 22.3 Å². The van der Waals surface area contributed by atoms with Crippen molar-refractivity contribution in [1.29, 1.82) is 0 Å². The van der Waals surface area contributed by atoms with Crippen molar-refractivity contribution in [3.05, 3.63) is 66.4 Å². The van der Waals surface area contributed by atoms with Gasteiger partial charge >= 0.3 is 0 Å². The quantitative estimate of drug-likeness (QED) is 0.664. The van der Waals surface area contributed by atoms with Crippen LogP contribution < -0.4 is 25.6 Å². The van der Waals surface area contributed by atoms with E-state index in [1.165, 1.54) is 14.2 Å². The standard InChI is InChI=1S/C21H20ClNO4/c1-10-6-12(3)14(7-11(10)2)17-19(21(25)20(17)24)23-18-15(22)8-13(26-4)9-16(18)27-5/h6-9,23H,1-5H3. The minimum absolute atomic E-state index is 0.219. The SMILES string of the molecule is COc1cc(Cl)c(Nc2c(-c3cc(C)c(C)cc3C)c(=O)c2=O)c(OC)c1. The van der Waals surface area contributed by atoms with Crippen molar-refractivity contribution in [2.45, 2.75) is 20.8 Å². The predicted octanol–water partition coefficient (Wildman–Crippen LogP) is 4.29. The van der Waals surface area contributed by atoms with Gasteiger partial charge in [-0.1, -0.05) is 23.7 Å². The van der Waals surface area contributed by atoms with E-state index in [-0.39, 0.29) is 5.69 Å². The second kappa shape index (κ2) is 7.08. The molecule has 0 aromatic heterocycles. The molecule has 0 saturated heterocycles. The Labute approximate surface area is 162 Å². The van der Waals surface area contributed by atoms with Crippen LogP contribution in [0.1, 0.15) is 16.7 Å². The van der Waals surface area contributed by atoms with Crippen molar-refractivity contribution in [2.24, 2.45) is 0 Å². The van der Waals surface area contributed by atoms with E-state index in [2.05, 4.69) is 5.32 Å². The summed E-state index contributed by atoms with van der Waals surface area (Å²) in [5.41, 5.74) is 3.78. The van der Waals surface area contributed by atoms with Crippen LogP contribution in [0.3, 0.4) is 0 Å². The van der Waals surface area contributed by atoms with Crippen LogP contribution in [0.15, 0.2) is 33.9 Å². The van der Waals surface area contributed by atoms with E-state index in [1.54, 1.807) is 12.1 Å². The lowest BCUT2D eigenvalue weighted by Gasteiger charge is -2.19. The van der Waals surface area contributed by atoms with Crippen molar-refractivity contribution >= 4 is 23.0 Å². The molecule has 1 N–H and O–H groups in total. The highest BCUT2D eigenvalue weighted by molar-refractivity contribution is 6.34. The molecule has 0 saturated carbocycles. The molecule has 0 radical (unpaired) electrons. The fraction of sp³-hybridized carbons (Fsp3) is 0.238. The van der Waals surface area contributed by atoms with Gasteiger partial charge in [-0.3, -0.25) is 9.59 Å². The van der Waals surface area contributed by atoms with Crippen LogP contribution in [0, 0.1) is 20.8 Å². The molecule has 0 unspecified atom stereocenters. The number of hydrogen-bond acceptors (Lipinski definition) is 5. The van der Waals surface area contributed by atoms with Crippen LogP contribution in [0.4, 0.5) is 11.4 Å². The van der Waals surface area contributed by atoms with Gasteiger partial charge in [0.1, 0.15) is 22.9 Å². The van der Waals surface area contributed by atoms with E-state index in [1.807, 2.05) is 32.9 Å². The lowest BCUT2D eigenvalue weighted by atomic mass is 9.91. The van der Waals surface area contributed by atoms with Crippen LogP contribution in [0.25, 0.3) is 11.1 Å². The van der Waals surface area contributed by atoms with Gasteiger partial charge in [0.25, 0.3) is 5.43 Å². The molecule has 0 heterocycles. The highest BCUT2D eigenvalue weighted by Crippen LogP contribution is 2.40. The number of halogens is 1. The Bertz CT molecular complexity index is 1110. The number of benzene rings is 2. The first-order chi connectivity index (χ1) is 12.8. The number of anilines is 2. The van der Waals surface area contributed by atoms with E-state index < -0.39 is 10.9 Å². The number of hydrogen-bond donors (Lipinski definition) is 1. The van der Waals surface area contributed by atoms with Gasteiger partial charge in [0.05, 0.1) is 24.8 Å². The molecule has 3 rings (SSSR count). The van der Waals surface area contributed by atoms with Crippen LogP contribution >= 0.6 is 11.6 Å². The molecule has 27 heavy (non-hydrogen) atoms. The Morgan fingerprint density at radius 1 is 0.815 bits per heavy atom. The number of aryl methyl sites for hydroxylation is 3. The van der Waals surface area contributed by atoms with Gasteiger partial charge < -0.3 is 14.8 Å². The van der Waals surface area contributed by atoms with E-state index >= 15 is 0 Å². The molecule has 3 aromatic rings. The second-order valence-electron chi connectivity index (χ2n) is 6.47.